The summed E-state index contributed by atoms with van der Waals surface area (Å²) in [5.74, 6) is 0. The second-order valence-corrected chi connectivity index (χ2v) is 7.17. The van der Waals surface area contributed by atoms with Gasteiger partial charge in [-0.2, -0.15) is 0 Å². The van der Waals surface area contributed by atoms with Gasteiger partial charge in [-0.05, 0) is 34.6 Å². The molecule has 0 saturated heterocycles. The van der Waals surface area contributed by atoms with Crippen molar-refractivity contribution in [2.75, 3.05) is 0 Å². The Morgan fingerprint density at radius 1 is 0.733 bits per heavy atom. The van der Waals surface area contributed by atoms with E-state index >= 15 is 0 Å². The van der Waals surface area contributed by atoms with Gasteiger partial charge in [-0.1, -0.05) is 142 Å². The van der Waals surface area contributed by atoms with Gasteiger partial charge >= 0.3 is 0 Å². The first-order valence-electron chi connectivity index (χ1n) is 11.2. The molecule has 0 atom stereocenters. The van der Waals surface area contributed by atoms with Crippen LogP contribution in [0.2, 0.25) is 0 Å². The molecule has 1 aliphatic carbocycles. The van der Waals surface area contributed by atoms with Crippen LogP contribution in [-0.4, -0.2) is 0 Å². The van der Waals surface area contributed by atoms with Gasteiger partial charge in [0.2, 0.25) is 0 Å². The molecule has 0 N–H and O–H groups in total. The lowest BCUT2D eigenvalue weighted by Gasteiger charge is -2.05. The highest BCUT2D eigenvalue weighted by molar-refractivity contribution is 5.19. The van der Waals surface area contributed by atoms with Gasteiger partial charge in [0.15, 0.2) is 0 Å². The normalized spacial score (nSPS) is 10.7. The summed E-state index contributed by atoms with van der Waals surface area (Å²) in [6.07, 6.45) is 11.1. The SMILES string of the molecule is C1CCC1.C=C.C=C/C(C)=C\C.CCC.Cc1ccc(C)cc1.Cc1ccccc1. The number of benzene rings is 2. The summed E-state index contributed by atoms with van der Waals surface area (Å²) < 4.78 is 0. The van der Waals surface area contributed by atoms with E-state index in [-0.39, 0.29) is 0 Å². The predicted molar refractivity (Wildman–Crippen MR) is 142 cm³/mol. The van der Waals surface area contributed by atoms with Crippen molar-refractivity contribution in [2.24, 2.45) is 0 Å². The number of rotatable bonds is 1. The van der Waals surface area contributed by atoms with Crippen molar-refractivity contribution < 1.29 is 0 Å². The number of hydrogen-bond donors (Lipinski definition) is 0. The van der Waals surface area contributed by atoms with E-state index in [1.807, 2.05) is 44.2 Å². The largest absolute Gasteiger partial charge is 0.106 e. The number of allylic oxidation sites excluding steroid dienone is 3. The second-order valence-electron chi connectivity index (χ2n) is 7.17. The maximum absolute atomic E-state index is 3.56. The quantitative estimate of drug-likeness (QED) is 0.325. The van der Waals surface area contributed by atoms with E-state index in [9.17, 15) is 0 Å². The first kappa shape index (κ1) is 32.3. The van der Waals surface area contributed by atoms with Crippen LogP contribution in [0.5, 0.6) is 0 Å². The van der Waals surface area contributed by atoms with Crippen LogP contribution >= 0.6 is 0 Å². The highest BCUT2D eigenvalue weighted by Gasteiger charge is 1.95. The average Bonchev–Trinajstić information content (AvgIpc) is 2.72. The van der Waals surface area contributed by atoms with Crippen molar-refractivity contribution >= 4 is 0 Å². The average molecular weight is 409 g/mol. The Morgan fingerprint density at radius 3 is 1.17 bits per heavy atom. The molecular formula is C30H48. The Kier molecular flexibility index (Phi) is 28.7. The monoisotopic (exact) mass is 408 g/mol. The third-order valence-electron chi connectivity index (χ3n) is 3.94. The fourth-order valence-corrected chi connectivity index (χ4v) is 1.54. The highest BCUT2D eigenvalue weighted by atomic mass is 14.0. The molecule has 0 nitrogen and oxygen atoms in total. The smallest absolute Gasteiger partial charge is 0.0398 e. The summed E-state index contributed by atoms with van der Waals surface area (Å²) in [4.78, 5) is 0. The molecule has 1 aliphatic rings. The summed E-state index contributed by atoms with van der Waals surface area (Å²) in [6.45, 7) is 24.1. The third-order valence-corrected chi connectivity index (χ3v) is 3.94. The Hall–Kier alpha value is -2.34. The minimum Gasteiger partial charge on any atom is -0.106 e. The number of hydrogen-bond acceptors (Lipinski definition) is 0. The molecule has 2 aromatic rings. The molecule has 168 valence electrons. The maximum atomic E-state index is 3.56. The molecule has 0 amide bonds. The molecule has 0 aromatic heterocycles. The zero-order valence-electron chi connectivity index (χ0n) is 21.0. The van der Waals surface area contributed by atoms with Crippen molar-refractivity contribution in [1.29, 1.82) is 0 Å². The van der Waals surface area contributed by atoms with Crippen molar-refractivity contribution in [3.05, 3.63) is 109 Å². The molecule has 0 spiro atoms. The summed E-state index contributed by atoms with van der Waals surface area (Å²) in [6, 6.07) is 18.7. The maximum Gasteiger partial charge on any atom is -0.0398 e. The first-order valence-corrected chi connectivity index (χ1v) is 11.2. The lowest BCUT2D eigenvalue weighted by molar-refractivity contribution is 0.504. The minimum absolute atomic E-state index is 1.23. The fraction of sp³-hybridized carbons (Fsp3) is 0.400. The van der Waals surface area contributed by atoms with Crippen molar-refractivity contribution in [3.63, 3.8) is 0 Å². The highest BCUT2D eigenvalue weighted by Crippen LogP contribution is 2.15. The van der Waals surface area contributed by atoms with Gasteiger partial charge in [0.05, 0.1) is 0 Å². The van der Waals surface area contributed by atoms with Crippen molar-refractivity contribution in [3.8, 4) is 0 Å². The predicted octanol–water partition coefficient (Wildman–Crippen LogP) is 10.2. The van der Waals surface area contributed by atoms with Crippen LogP contribution in [0.1, 0.15) is 76.5 Å². The van der Waals surface area contributed by atoms with E-state index < -0.39 is 0 Å². The summed E-state index contributed by atoms with van der Waals surface area (Å²) in [5.41, 5.74) is 5.21. The van der Waals surface area contributed by atoms with E-state index in [1.54, 1.807) is 0 Å². The second kappa shape index (κ2) is 26.7. The third kappa shape index (κ3) is 27.9. The zero-order chi connectivity index (χ0) is 23.6. The molecule has 1 fully saturated rings. The van der Waals surface area contributed by atoms with Crippen LogP contribution in [0.3, 0.4) is 0 Å². The molecule has 3 rings (SSSR count). The Morgan fingerprint density at radius 2 is 1.03 bits per heavy atom. The van der Waals surface area contributed by atoms with Crippen LogP contribution in [0.4, 0.5) is 0 Å². The molecule has 0 aliphatic heterocycles. The first-order chi connectivity index (χ1) is 14.4. The molecule has 0 unspecified atom stereocenters. The van der Waals surface area contributed by atoms with Gasteiger partial charge in [0, 0.05) is 0 Å². The van der Waals surface area contributed by atoms with Gasteiger partial charge < -0.3 is 0 Å². The molecule has 0 radical (unpaired) electrons. The Balaban J connectivity index is -0.000000308. The molecule has 0 heteroatoms. The van der Waals surface area contributed by atoms with E-state index in [2.05, 4.69) is 90.8 Å². The molecular weight excluding hydrogens is 360 g/mol. The standard InChI is InChI=1S/C8H10.C7H8.C6H10.C4H8.C3H8.C2H4/c1-7-3-5-8(2)6-4-7;1-7-5-3-2-4-6-7;1-4-6(3)5-2;1-2-4-3-1;1-3-2;1-2/h3-6H,1-2H3;2-6H,1H3;4-5H,1H2,2-3H3;1-4H2;3H2,1-2H3;1-2H2/b;;6-5-;;;. The van der Waals surface area contributed by atoms with Crippen LogP contribution in [-0.2, 0) is 0 Å². The molecule has 0 heterocycles. The van der Waals surface area contributed by atoms with Crippen molar-refractivity contribution in [1.82, 2.24) is 0 Å². The van der Waals surface area contributed by atoms with Gasteiger partial charge in [0.1, 0.15) is 0 Å². The van der Waals surface area contributed by atoms with Gasteiger partial charge in [-0.25, -0.2) is 0 Å². The summed E-state index contributed by atoms with van der Waals surface area (Å²) >= 11 is 0. The summed E-state index contributed by atoms with van der Waals surface area (Å²) in [7, 11) is 0. The lowest BCUT2D eigenvalue weighted by atomic mass is 10.0. The van der Waals surface area contributed by atoms with Crippen molar-refractivity contribution in [2.45, 2.75) is 80.6 Å². The van der Waals surface area contributed by atoms with E-state index in [0.717, 1.165) is 0 Å². The van der Waals surface area contributed by atoms with Crippen LogP contribution in [0, 0.1) is 20.8 Å². The molecule has 1 saturated carbocycles. The summed E-state index contributed by atoms with van der Waals surface area (Å²) in [5, 5.41) is 0. The van der Waals surface area contributed by atoms with Gasteiger partial charge in [-0.3, -0.25) is 0 Å². The van der Waals surface area contributed by atoms with Gasteiger partial charge in [-0.15, -0.1) is 13.2 Å². The van der Waals surface area contributed by atoms with Crippen LogP contribution < -0.4 is 0 Å². The molecule has 0 bridgehead atoms. The zero-order valence-corrected chi connectivity index (χ0v) is 21.0. The number of aryl methyl sites for hydroxylation is 3. The fourth-order valence-electron chi connectivity index (χ4n) is 1.54. The van der Waals surface area contributed by atoms with Gasteiger partial charge in [0.25, 0.3) is 0 Å². The lowest BCUT2D eigenvalue weighted by Crippen LogP contribution is -1.85. The topological polar surface area (TPSA) is 0 Å². The Bertz CT molecular complexity index is 573. The van der Waals surface area contributed by atoms with Crippen LogP contribution in [0.15, 0.2) is 92.1 Å². The van der Waals surface area contributed by atoms with E-state index in [0.29, 0.717) is 0 Å². The Labute approximate surface area is 189 Å². The minimum atomic E-state index is 1.23. The molecule has 2 aromatic carbocycles. The molecule has 30 heavy (non-hydrogen) atoms. The van der Waals surface area contributed by atoms with E-state index in [4.69, 9.17) is 0 Å². The van der Waals surface area contributed by atoms with E-state index in [1.165, 1.54) is 54.4 Å². The van der Waals surface area contributed by atoms with Crippen LogP contribution in [0.25, 0.3) is 0 Å².